The van der Waals surface area contributed by atoms with Gasteiger partial charge in [0.1, 0.15) is 0 Å². The highest BCUT2D eigenvalue weighted by atomic mass is 16.2. The fraction of sp³-hybridized carbons (Fsp3) is 0.0667. The first kappa shape index (κ1) is 21.8. The number of nitrogens with zero attached hydrogens (tertiary/aromatic N) is 2. The van der Waals surface area contributed by atoms with Crippen LogP contribution in [0.1, 0.15) is 53.0 Å². The van der Waals surface area contributed by atoms with Gasteiger partial charge < -0.3 is 0 Å². The highest BCUT2D eigenvalue weighted by Gasteiger charge is 2.77. The summed E-state index contributed by atoms with van der Waals surface area (Å²) < 4.78 is 0. The Bertz CT molecular complexity index is 1430. The second kappa shape index (κ2) is 8.22. The van der Waals surface area contributed by atoms with Gasteiger partial charge in [-0.15, -0.1) is 0 Å². The molecular weight excluding hydrogens is 452 g/mol. The summed E-state index contributed by atoms with van der Waals surface area (Å²) in [6.45, 7) is 0. The predicted octanol–water partition coefficient (Wildman–Crippen LogP) is 4.76. The maximum Gasteiger partial charge on any atom is 0.276 e. The largest absolute Gasteiger partial charge is 0.291 e. The average molecular weight is 473 g/mol. The van der Waals surface area contributed by atoms with E-state index >= 15 is 0 Å². The minimum atomic E-state index is -1.81. The van der Waals surface area contributed by atoms with Crippen LogP contribution in [0, 0.1) is 0 Å². The van der Waals surface area contributed by atoms with Gasteiger partial charge in [-0.25, -0.2) is 0 Å². The molecule has 174 valence electrons. The average Bonchev–Trinajstić information content (AvgIpc) is 3.56. The molecule has 0 bridgehead atoms. The molecule has 2 aliphatic heterocycles. The molecule has 2 heterocycles. The summed E-state index contributed by atoms with van der Waals surface area (Å²) in [5.41, 5.74) is -0.0210. The number of imide groups is 1. The molecule has 2 atom stereocenters. The van der Waals surface area contributed by atoms with Crippen LogP contribution in [-0.4, -0.2) is 38.9 Å². The standard InChI is InChI=1S/C30H20N2O4/c33-26(21-14-6-2-7-15-21)30(27(34)22-16-8-3-9-17-22)25(20-12-4-1-5-13-20)32(30)31-28(35)23-18-10-11-19-24(23)29(31)36/h1-19,25H. The van der Waals surface area contributed by atoms with Crippen molar-refractivity contribution >= 4 is 23.4 Å². The summed E-state index contributed by atoms with van der Waals surface area (Å²) in [5, 5.41) is 2.35. The molecular formula is C30H20N2O4. The van der Waals surface area contributed by atoms with Crippen molar-refractivity contribution < 1.29 is 19.2 Å². The Kier molecular flexibility index (Phi) is 4.98. The van der Waals surface area contributed by atoms with Gasteiger partial charge in [0.2, 0.25) is 0 Å². The zero-order valence-corrected chi connectivity index (χ0v) is 19.1. The Hall–Kier alpha value is -4.68. The molecule has 6 heteroatoms. The smallest absolute Gasteiger partial charge is 0.276 e. The Morgan fingerprint density at radius 2 is 0.944 bits per heavy atom. The SMILES string of the molecule is O=C1c2ccccc2C(=O)N1N1C(c2ccccc2)C1(C(=O)c1ccccc1)C(=O)c1ccccc1. The lowest BCUT2D eigenvalue weighted by molar-refractivity contribution is 0.0292. The van der Waals surface area contributed by atoms with Crippen molar-refractivity contribution in [3.63, 3.8) is 0 Å². The third kappa shape index (κ3) is 3.01. The van der Waals surface area contributed by atoms with Gasteiger partial charge in [0, 0.05) is 11.1 Å². The molecule has 1 saturated heterocycles. The van der Waals surface area contributed by atoms with E-state index in [9.17, 15) is 19.2 Å². The van der Waals surface area contributed by atoms with E-state index in [0.29, 0.717) is 16.7 Å². The molecule has 0 N–H and O–H groups in total. The van der Waals surface area contributed by atoms with Gasteiger partial charge in [0.25, 0.3) is 11.8 Å². The van der Waals surface area contributed by atoms with Crippen LogP contribution in [0.15, 0.2) is 115 Å². The summed E-state index contributed by atoms with van der Waals surface area (Å²) in [6.07, 6.45) is 0. The first-order valence-electron chi connectivity index (χ1n) is 11.6. The first-order valence-corrected chi connectivity index (χ1v) is 11.6. The maximum absolute atomic E-state index is 14.3. The third-order valence-electron chi connectivity index (χ3n) is 6.80. The zero-order chi connectivity index (χ0) is 24.9. The molecule has 4 aromatic rings. The lowest BCUT2D eigenvalue weighted by Crippen LogP contribution is -2.46. The molecule has 2 unspecified atom stereocenters. The maximum atomic E-state index is 14.3. The monoisotopic (exact) mass is 472 g/mol. The van der Waals surface area contributed by atoms with Gasteiger partial charge in [-0.05, 0) is 17.7 Å². The molecule has 6 nitrogen and oxygen atoms in total. The summed E-state index contributed by atoms with van der Waals surface area (Å²) in [5.74, 6) is -2.05. The molecule has 1 fully saturated rings. The van der Waals surface area contributed by atoms with E-state index in [2.05, 4.69) is 0 Å². The first-order chi connectivity index (χ1) is 17.6. The molecule has 2 aliphatic rings. The summed E-state index contributed by atoms with van der Waals surface area (Å²) in [4.78, 5) is 55.6. The Morgan fingerprint density at radius 3 is 1.39 bits per heavy atom. The topological polar surface area (TPSA) is 74.5 Å². The molecule has 0 saturated carbocycles. The van der Waals surface area contributed by atoms with Crippen molar-refractivity contribution in [3.8, 4) is 0 Å². The van der Waals surface area contributed by atoms with Crippen molar-refractivity contribution in [2.45, 2.75) is 11.6 Å². The summed E-state index contributed by atoms with van der Waals surface area (Å²) in [6, 6.07) is 31.7. The van der Waals surface area contributed by atoms with Crippen LogP contribution in [0.4, 0.5) is 0 Å². The molecule has 0 radical (unpaired) electrons. The van der Waals surface area contributed by atoms with Crippen LogP contribution in [0.25, 0.3) is 0 Å². The number of hydrogen-bond acceptors (Lipinski definition) is 5. The third-order valence-corrected chi connectivity index (χ3v) is 6.80. The van der Waals surface area contributed by atoms with Crippen LogP contribution >= 0.6 is 0 Å². The van der Waals surface area contributed by atoms with E-state index in [4.69, 9.17) is 0 Å². The zero-order valence-electron chi connectivity index (χ0n) is 19.1. The van der Waals surface area contributed by atoms with Crippen molar-refractivity contribution in [1.29, 1.82) is 0 Å². The van der Waals surface area contributed by atoms with E-state index in [0.717, 1.165) is 5.01 Å². The molecule has 0 aliphatic carbocycles. The van der Waals surface area contributed by atoms with Crippen LogP contribution in [0.2, 0.25) is 0 Å². The van der Waals surface area contributed by atoms with E-state index in [1.165, 1.54) is 5.01 Å². The van der Waals surface area contributed by atoms with Crippen molar-refractivity contribution in [2.24, 2.45) is 0 Å². The van der Waals surface area contributed by atoms with Crippen molar-refractivity contribution in [2.75, 3.05) is 0 Å². The number of carbonyl (C=O) groups is 4. The van der Waals surface area contributed by atoms with Crippen molar-refractivity contribution in [3.05, 3.63) is 143 Å². The number of Topliss-reactive ketones (excluding diaryl/α,β-unsaturated/α-hetero) is 2. The Morgan fingerprint density at radius 1 is 0.556 bits per heavy atom. The molecule has 4 aromatic carbocycles. The number of fused-ring (bicyclic) bond motifs is 1. The highest BCUT2D eigenvalue weighted by Crippen LogP contribution is 2.58. The second-order valence-electron chi connectivity index (χ2n) is 8.78. The summed E-state index contributed by atoms with van der Waals surface area (Å²) in [7, 11) is 0. The summed E-state index contributed by atoms with van der Waals surface area (Å²) >= 11 is 0. The highest BCUT2D eigenvalue weighted by molar-refractivity contribution is 6.29. The van der Waals surface area contributed by atoms with Gasteiger partial charge in [-0.3, -0.25) is 19.2 Å². The molecule has 6 rings (SSSR count). The predicted molar refractivity (Wildman–Crippen MR) is 132 cm³/mol. The molecule has 2 amide bonds. The second-order valence-corrected chi connectivity index (χ2v) is 8.78. The fourth-order valence-electron chi connectivity index (χ4n) is 5.12. The van der Waals surface area contributed by atoms with Gasteiger partial charge in [-0.1, -0.05) is 103 Å². The van der Waals surface area contributed by atoms with Crippen molar-refractivity contribution in [1.82, 2.24) is 10.0 Å². The van der Waals surface area contributed by atoms with Crippen LogP contribution in [0.3, 0.4) is 0 Å². The van der Waals surface area contributed by atoms with E-state index in [1.807, 2.05) is 6.07 Å². The van der Waals surface area contributed by atoms with Crippen LogP contribution in [-0.2, 0) is 0 Å². The number of rotatable bonds is 6. The van der Waals surface area contributed by atoms with Gasteiger partial charge in [0.05, 0.1) is 17.2 Å². The number of carbonyl (C=O) groups excluding carboxylic acids is 4. The number of amides is 2. The van der Waals surface area contributed by atoms with Gasteiger partial charge in [0.15, 0.2) is 17.1 Å². The quantitative estimate of drug-likeness (QED) is 0.175. The molecule has 0 spiro atoms. The van der Waals surface area contributed by atoms with Crippen LogP contribution < -0.4 is 0 Å². The minimum absolute atomic E-state index is 0.245. The van der Waals surface area contributed by atoms with Crippen LogP contribution in [0.5, 0.6) is 0 Å². The van der Waals surface area contributed by atoms with E-state index < -0.39 is 35.0 Å². The lowest BCUT2D eigenvalue weighted by atomic mass is 9.84. The molecule has 0 aromatic heterocycles. The Labute approximate surface area is 207 Å². The van der Waals surface area contributed by atoms with Gasteiger partial charge >= 0.3 is 0 Å². The minimum Gasteiger partial charge on any atom is -0.291 e. The number of hydrazine groups is 1. The number of benzene rings is 4. The van der Waals surface area contributed by atoms with E-state index in [-0.39, 0.29) is 11.1 Å². The fourth-order valence-corrected chi connectivity index (χ4v) is 5.12. The van der Waals surface area contributed by atoms with Gasteiger partial charge in [-0.2, -0.15) is 10.0 Å². The van der Waals surface area contributed by atoms with E-state index in [1.54, 1.807) is 109 Å². The Balaban J connectivity index is 1.58. The number of hydrogen-bond donors (Lipinski definition) is 0. The lowest BCUT2D eigenvalue weighted by Gasteiger charge is -2.21. The molecule has 36 heavy (non-hydrogen) atoms. The number of ketones is 2. The normalized spacial score (nSPS) is 19.6.